The zero-order valence-electron chi connectivity index (χ0n) is 25.1. The molecule has 0 aromatic carbocycles. The lowest BCUT2D eigenvalue weighted by atomic mass is 9.85. The lowest BCUT2D eigenvalue weighted by Gasteiger charge is -2.41. The lowest BCUT2D eigenvalue weighted by Crippen LogP contribution is -2.64. The summed E-state index contributed by atoms with van der Waals surface area (Å²) in [6.45, 7) is 3.07. The van der Waals surface area contributed by atoms with E-state index in [-0.39, 0.29) is 12.8 Å². The van der Waals surface area contributed by atoms with Gasteiger partial charge in [0.1, 0.15) is 43.2 Å². The topological polar surface area (TPSA) is 210 Å². The summed E-state index contributed by atoms with van der Waals surface area (Å²) in [6.07, 6.45) is -0.0153. The van der Waals surface area contributed by atoms with Crippen molar-refractivity contribution < 1.29 is 63.1 Å². The van der Waals surface area contributed by atoms with Gasteiger partial charge in [0.25, 0.3) is 0 Å². The van der Waals surface area contributed by atoms with E-state index in [0.717, 1.165) is 51.4 Å². The van der Waals surface area contributed by atoms with E-state index in [9.17, 15) is 44.6 Å². The third-order valence-corrected chi connectivity index (χ3v) is 8.18. The van der Waals surface area contributed by atoms with Crippen molar-refractivity contribution in [2.24, 2.45) is 0 Å². The van der Waals surface area contributed by atoms with Crippen LogP contribution in [0.1, 0.15) is 110 Å². The predicted molar refractivity (Wildman–Crippen MR) is 152 cm³/mol. The molecule has 0 radical (unpaired) electrons. The molecule has 248 valence electrons. The quantitative estimate of drug-likeness (QED) is 0.0547. The first kappa shape index (κ1) is 38.9. The number of phosphoric ester groups is 1. The van der Waals surface area contributed by atoms with E-state index in [4.69, 9.17) is 18.5 Å². The van der Waals surface area contributed by atoms with E-state index in [1.165, 1.54) is 19.3 Å². The summed E-state index contributed by atoms with van der Waals surface area (Å²) in [4.78, 5) is 34.8. The molecule has 6 unspecified atom stereocenters. The van der Waals surface area contributed by atoms with Crippen LogP contribution < -0.4 is 0 Å². The highest BCUT2D eigenvalue weighted by Crippen LogP contribution is 2.47. The zero-order chi connectivity index (χ0) is 31.5. The summed E-state index contributed by atoms with van der Waals surface area (Å²) in [5.74, 6) is -1.12. The van der Waals surface area contributed by atoms with Crippen molar-refractivity contribution in [3.8, 4) is 0 Å². The number of carbonyl (C=O) groups is 2. The number of rotatable bonds is 23. The van der Waals surface area contributed by atoms with Crippen LogP contribution in [0.3, 0.4) is 0 Å². The van der Waals surface area contributed by atoms with E-state index in [2.05, 4.69) is 13.8 Å². The van der Waals surface area contributed by atoms with Crippen LogP contribution in [0.5, 0.6) is 0 Å². The van der Waals surface area contributed by atoms with Crippen molar-refractivity contribution in [1.82, 2.24) is 0 Å². The van der Waals surface area contributed by atoms with Gasteiger partial charge in [-0.15, -0.1) is 0 Å². The highest BCUT2D eigenvalue weighted by Gasteiger charge is 2.51. The van der Waals surface area contributed by atoms with Crippen LogP contribution in [0, 0.1) is 0 Å². The molecule has 1 rings (SSSR count). The van der Waals surface area contributed by atoms with Gasteiger partial charge in [-0.25, -0.2) is 4.57 Å². The third kappa shape index (κ3) is 15.5. The summed E-state index contributed by atoms with van der Waals surface area (Å²) >= 11 is 0. The average molecular weight is 629 g/mol. The minimum atomic E-state index is -5.08. The summed E-state index contributed by atoms with van der Waals surface area (Å²) in [7, 11) is -5.08. The maximum Gasteiger partial charge on any atom is 0.472 e. The second-order valence-corrected chi connectivity index (χ2v) is 12.4. The van der Waals surface area contributed by atoms with Crippen molar-refractivity contribution in [3.63, 3.8) is 0 Å². The number of ether oxygens (including phenoxy) is 2. The fraction of sp³-hybridized carbons (Fsp3) is 0.929. The highest BCUT2D eigenvalue weighted by molar-refractivity contribution is 7.47. The van der Waals surface area contributed by atoms with Crippen LogP contribution in [0.25, 0.3) is 0 Å². The Labute approximate surface area is 249 Å². The summed E-state index contributed by atoms with van der Waals surface area (Å²) in [5, 5.41) is 49.5. The van der Waals surface area contributed by atoms with Crippen LogP contribution >= 0.6 is 7.82 Å². The fourth-order valence-electron chi connectivity index (χ4n) is 4.58. The number of hydrogen-bond donors (Lipinski definition) is 6. The molecule has 42 heavy (non-hydrogen) atoms. The number of hydrogen-bond acceptors (Lipinski definition) is 12. The number of unbranched alkanes of at least 4 members (excludes halogenated alkanes) is 11. The number of esters is 2. The van der Waals surface area contributed by atoms with Gasteiger partial charge in [0, 0.05) is 12.8 Å². The second-order valence-electron chi connectivity index (χ2n) is 11.0. The van der Waals surface area contributed by atoms with Crippen molar-refractivity contribution in [1.29, 1.82) is 0 Å². The number of aliphatic hydroxyl groups is 5. The Bertz CT molecular complexity index is 782. The van der Waals surface area contributed by atoms with Crippen LogP contribution in [-0.2, 0) is 32.7 Å². The van der Waals surface area contributed by atoms with Crippen molar-refractivity contribution in [3.05, 3.63) is 0 Å². The van der Waals surface area contributed by atoms with Gasteiger partial charge in [-0.1, -0.05) is 84.5 Å². The van der Waals surface area contributed by atoms with Gasteiger partial charge < -0.3 is 39.9 Å². The van der Waals surface area contributed by atoms with Gasteiger partial charge in [-0.3, -0.25) is 18.6 Å². The molecule has 13 nitrogen and oxygen atoms in total. The van der Waals surface area contributed by atoms with E-state index in [1.54, 1.807) is 0 Å². The molecule has 0 spiro atoms. The van der Waals surface area contributed by atoms with Gasteiger partial charge in [-0.2, -0.15) is 0 Å². The average Bonchev–Trinajstić information content (AvgIpc) is 2.96. The minimum Gasteiger partial charge on any atom is -0.462 e. The Morgan fingerprint density at radius 3 is 1.57 bits per heavy atom. The van der Waals surface area contributed by atoms with Gasteiger partial charge >= 0.3 is 19.8 Å². The molecule has 0 bridgehead atoms. The molecule has 6 atom stereocenters. The molecule has 1 aliphatic rings. The van der Waals surface area contributed by atoms with Gasteiger partial charge in [-0.05, 0) is 12.8 Å². The Morgan fingerprint density at radius 2 is 1.07 bits per heavy atom. The molecule has 14 heteroatoms. The Hall–Kier alpha value is -1.15. The Kier molecular flexibility index (Phi) is 19.9. The van der Waals surface area contributed by atoms with Crippen molar-refractivity contribution in [2.75, 3.05) is 13.2 Å². The zero-order valence-corrected chi connectivity index (χ0v) is 25.9. The third-order valence-electron chi connectivity index (χ3n) is 7.20. The minimum absolute atomic E-state index is 0.0999. The summed E-state index contributed by atoms with van der Waals surface area (Å²) < 4.78 is 32.8. The molecule has 0 aliphatic heterocycles. The highest BCUT2D eigenvalue weighted by atomic mass is 31.2. The van der Waals surface area contributed by atoms with Crippen LogP contribution in [0.15, 0.2) is 0 Å². The molecule has 0 heterocycles. The van der Waals surface area contributed by atoms with Crippen LogP contribution in [0.4, 0.5) is 0 Å². The maximum absolute atomic E-state index is 12.6. The van der Waals surface area contributed by atoms with E-state index < -0.39 is 75.7 Å². The van der Waals surface area contributed by atoms with Gasteiger partial charge in [0.2, 0.25) is 0 Å². The first-order valence-electron chi connectivity index (χ1n) is 15.3. The molecule has 0 aromatic rings. The number of phosphoric acid groups is 1. The number of aliphatic hydroxyl groups excluding tert-OH is 5. The number of carbonyl (C=O) groups excluding carboxylic acids is 2. The monoisotopic (exact) mass is 628 g/mol. The molecular weight excluding hydrogens is 575 g/mol. The van der Waals surface area contributed by atoms with Crippen molar-refractivity contribution >= 4 is 19.8 Å². The maximum atomic E-state index is 12.6. The lowest BCUT2D eigenvalue weighted by molar-refractivity contribution is -0.220. The normalized spacial score (nSPS) is 26.4. The van der Waals surface area contributed by atoms with E-state index in [0.29, 0.717) is 12.8 Å². The van der Waals surface area contributed by atoms with Gasteiger partial charge in [0.15, 0.2) is 6.10 Å². The Balaban J connectivity index is 2.66. The Morgan fingerprint density at radius 1 is 0.643 bits per heavy atom. The molecule has 1 saturated carbocycles. The van der Waals surface area contributed by atoms with Crippen molar-refractivity contribution in [2.45, 2.75) is 153 Å². The molecule has 6 N–H and O–H groups in total. The SMILES string of the molecule is CCCCCCCCCCC(=O)OC(COC(=O)CCCCCCC)COP(=O)(O)OC1C(O)C(O)C(O)C(O)C1O. The largest absolute Gasteiger partial charge is 0.472 e. The molecule has 1 aliphatic carbocycles. The standard InChI is InChI=1S/C28H53O13P/c1-3-5-7-9-10-11-13-15-17-22(30)40-20(18-38-21(29)16-14-12-8-6-4-2)19-39-42(36,37)41-28-26(34)24(32)23(31)25(33)27(28)35/h20,23-28,31-35H,3-19H2,1-2H3,(H,36,37). The summed E-state index contributed by atoms with van der Waals surface area (Å²) in [5.41, 5.74) is 0. The first-order valence-corrected chi connectivity index (χ1v) is 16.8. The predicted octanol–water partition coefficient (Wildman–Crippen LogP) is 2.65. The summed E-state index contributed by atoms with van der Waals surface area (Å²) in [6, 6.07) is 0. The van der Waals surface area contributed by atoms with E-state index >= 15 is 0 Å². The molecule has 1 fully saturated rings. The molecule has 0 saturated heterocycles. The molecule has 0 aromatic heterocycles. The molecular formula is C28H53O13P. The smallest absolute Gasteiger partial charge is 0.462 e. The van der Waals surface area contributed by atoms with E-state index in [1.807, 2.05) is 0 Å². The van der Waals surface area contributed by atoms with Crippen LogP contribution in [0.2, 0.25) is 0 Å². The van der Waals surface area contributed by atoms with Crippen LogP contribution in [-0.4, -0.2) is 98.3 Å². The second kappa shape index (κ2) is 21.5. The molecule has 0 amide bonds. The fourth-order valence-corrected chi connectivity index (χ4v) is 5.55. The first-order chi connectivity index (χ1) is 19.9. The van der Waals surface area contributed by atoms with Gasteiger partial charge in [0.05, 0.1) is 6.61 Å².